The minimum atomic E-state index is -1.38. The maximum absolute atomic E-state index is 13.6. The van der Waals surface area contributed by atoms with Crippen molar-refractivity contribution in [2.45, 2.75) is 6.92 Å². The largest absolute Gasteiger partial charge is 0.478 e. The number of aromatic amines is 2. The lowest BCUT2D eigenvalue weighted by Gasteiger charge is -2.08. The van der Waals surface area contributed by atoms with Crippen LogP contribution in [0.25, 0.3) is 27.8 Å². The number of hydrogen-bond acceptors (Lipinski definition) is 4. The Labute approximate surface area is 167 Å². The maximum Gasteiger partial charge on any atom is 0.338 e. The maximum atomic E-state index is 13.6. The fraction of sp³-hybridized carbons (Fsp3) is 0.0476. The summed E-state index contributed by atoms with van der Waals surface area (Å²) in [6.45, 7) is 1.63. The summed E-state index contributed by atoms with van der Waals surface area (Å²) in [4.78, 5) is 41.9. The number of aryl methyl sites for hydroxylation is 1. The molecule has 0 spiro atoms. The van der Waals surface area contributed by atoms with Gasteiger partial charge in [0.05, 0.1) is 22.3 Å². The van der Waals surface area contributed by atoms with Crippen molar-refractivity contribution in [3.63, 3.8) is 0 Å². The molecule has 2 aromatic carbocycles. The second-order valence-corrected chi connectivity index (χ2v) is 6.60. The molecule has 4 rings (SSSR count). The van der Waals surface area contributed by atoms with Gasteiger partial charge in [0.25, 0.3) is 5.56 Å². The zero-order valence-corrected chi connectivity index (χ0v) is 15.5. The number of aromatic carboxylic acids is 1. The van der Waals surface area contributed by atoms with E-state index in [1.807, 2.05) is 6.07 Å². The van der Waals surface area contributed by atoms with Crippen LogP contribution in [0.4, 0.5) is 4.39 Å². The number of carbonyl (C=O) groups is 1. The third-order valence-corrected chi connectivity index (χ3v) is 4.81. The van der Waals surface area contributed by atoms with E-state index in [4.69, 9.17) is 5.11 Å². The molecule has 4 aromatic rings. The van der Waals surface area contributed by atoms with Gasteiger partial charge in [-0.05, 0) is 42.3 Å². The van der Waals surface area contributed by atoms with E-state index in [0.29, 0.717) is 16.8 Å². The average molecular weight is 404 g/mol. The molecule has 3 N–H and O–H groups in total. The molecule has 2 aromatic heterocycles. The van der Waals surface area contributed by atoms with Crippen LogP contribution in [0.2, 0.25) is 0 Å². The summed E-state index contributed by atoms with van der Waals surface area (Å²) in [6.07, 6.45) is 0. The van der Waals surface area contributed by atoms with Gasteiger partial charge in [0.15, 0.2) is 0 Å². The molecular weight excluding hydrogens is 391 g/mol. The van der Waals surface area contributed by atoms with Gasteiger partial charge in [0.2, 0.25) is 0 Å². The number of aromatic nitrogens is 3. The second kappa shape index (κ2) is 6.86. The van der Waals surface area contributed by atoms with Gasteiger partial charge in [0.1, 0.15) is 17.4 Å². The summed E-state index contributed by atoms with van der Waals surface area (Å²) in [7, 11) is 0. The van der Waals surface area contributed by atoms with Crippen molar-refractivity contribution >= 4 is 17.0 Å². The van der Waals surface area contributed by atoms with Gasteiger partial charge >= 0.3 is 11.7 Å². The van der Waals surface area contributed by atoms with Crippen LogP contribution in [0.3, 0.4) is 0 Å². The van der Waals surface area contributed by atoms with Crippen LogP contribution in [-0.4, -0.2) is 25.6 Å². The molecule has 0 bridgehead atoms. The van der Waals surface area contributed by atoms with E-state index in [1.54, 1.807) is 19.1 Å². The Morgan fingerprint density at radius 3 is 2.37 bits per heavy atom. The van der Waals surface area contributed by atoms with Crippen molar-refractivity contribution in [2.75, 3.05) is 0 Å². The molecule has 8 nitrogen and oxygen atoms in total. The number of rotatable bonds is 3. The predicted molar refractivity (Wildman–Crippen MR) is 106 cm³/mol. The molecule has 0 aliphatic rings. The summed E-state index contributed by atoms with van der Waals surface area (Å²) >= 11 is 0. The van der Waals surface area contributed by atoms with Crippen LogP contribution in [-0.2, 0) is 0 Å². The Balaban J connectivity index is 1.83. The Hall–Kier alpha value is -4.45. The molecule has 0 atom stereocenters. The standard InChI is InChI=1S/C21H13FN4O4/c1-10-15(9-23)17-18(24-10)19(27)26(21(30)25-17)13-5-2-11(3-6-13)12-4-7-16(22)14(8-12)20(28)29/h2-8,24H,1H3,(H,25,30)(H,28,29). The zero-order valence-electron chi connectivity index (χ0n) is 15.5. The normalized spacial score (nSPS) is 10.8. The van der Waals surface area contributed by atoms with Gasteiger partial charge in [-0.15, -0.1) is 0 Å². The lowest BCUT2D eigenvalue weighted by molar-refractivity contribution is 0.0692. The van der Waals surface area contributed by atoms with Gasteiger partial charge in [-0.3, -0.25) is 4.79 Å². The average Bonchev–Trinajstić information content (AvgIpc) is 3.04. The van der Waals surface area contributed by atoms with Crippen molar-refractivity contribution in [3.05, 3.63) is 85.9 Å². The Kier molecular flexibility index (Phi) is 4.32. The van der Waals surface area contributed by atoms with E-state index in [-0.39, 0.29) is 22.3 Å². The number of fused-ring (bicyclic) bond motifs is 1. The number of halogens is 1. The number of nitrogens with one attached hydrogen (secondary N) is 2. The molecule has 0 saturated carbocycles. The first kappa shape index (κ1) is 18.9. The number of H-pyrrole nitrogens is 2. The second-order valence-electron chi connectivity index (χ2n) is 6.60. The van der Waals surface area contributed by atoms with Crippen LogP contribution in [0.1, 0.15) is 21.6 Å². The number of hydrogen-bond donors (Lipinski definition) is 3. The van der Waals surface area contributed by atoms with Crippen LogP contribution in [0.15, 0.2) is 52.1 Å². The highest BCUT2D eigenvalue weighted by molar-refractivity contribution is 5.89. The molecule has 0 saturated heterocycles. The summed E-state index contributed by atoms with van der Waals surface area (Å²) in [6, 6.07) is 11.9. The smallest absolute Gasteiger partial charge is 0.338 e. The highest BCUT2D eigenvalue weighted by atomic mass is 19.1. The fourth-order valence-corrected chi connectivity index (χ4v) is 3.32. The molecule has 9 heteroatoms. The summed E-state index contributed by atoms with van der Waals surface area (Å²) in [5, 5.41) is 18.3. The lowest BCUT2D eigenvalue weighted by Crippen LogP contribution is -2.33. The molecule has 30 heavy (non-hydrogen) atoms. The van der Waals surface area contributed by atoms with E-state index >= 15 is 0 Å². The van der Waals surface area contributed by atoms with Crippen LogP contribution in [0, 0.1) is 24.1 Å². The molecule has 0 fully saturated rings. The van der Waals surface area contributed by atoms with Crippen LogP contribution in [0.5, 0.6) is 0 Å². The van der Waals surface area contributed by atoms with E-state index < -0.39 is 28.6 Å². The summed E-state index contributed by atoms with van der Waals surface area (Å²) in [5.41, 5.74) is 0.494. The van der Waals surface area contributed by atoms with Crippen molar-refractivity contribution in [1.29, 1.82) is 5.26 Å². The fourth-order valence-electron chi connectivity index (χ4n) is 3.32. The summed E-state index contributed by atoms with van der Waals surface area (Å²) < 4.78 is 14.5. The van der Waals surface area contributed by atoms with Crippen molar-refractivity contribution < 1.29 is 14.3 Å². The minimum Gasteiger partial charge on any atom is -0.478 e. The minimum absolute atomic E-state index is 0.109. The molecule has 0 aliphatic carbocycles. The SMILES string of the molecule is Cc1[nH]c2c(=O)n(-c3ccc(-c4ccc(F)c(C(=O)O)c4)cc3)c(=O)[nH]c2c1C#N. The molecule has 0 aliphatic heterocycles. The van der Waals surface area contributed by atoms with Crippen LogP contribution >= 0.6 is 0 Å². The van der Waals surface area contributed by atoms with E-state index in [2.05, 4.69) is 9.97 Å². The molecule has 0 unspecified atom stereocenters. The first-order chi connectivity index (χ1) is 14.3. The Morgan fingerprint density at radius 1 is 1.07 bits per heavy atom. The predicted octanol–water partition coefficient (Wildman–Crippen LogP) is 2.69. The lowest BCUT2D eigenvalue weighted by atomic mass is 10.0. The van der Waals surface area contributed by atoms with Crippen molar-refractivity contribution in [2.24, 2.45) is 0 Å². The molecule has 0 amide bonds. The van der Waals surface area contributed by atoms with Gasteiger partial charge in [-0.1, -0.05) is 18.2 Å². The van der Waals surface area contributed by atoms with Gasteiger partial charge < -0.3 is 15.1 Å². The summed E-state index contributed by atoms with van der Waals surface area (Å²) in [5.74, 6) is -2.22. The van der Waals surface area contributed by atoms with Gasteiger partial charge in [-0.25, -0.2) is 18.5 Å². The number of nitriles is 1. The topological polar surface area (TPSA) is 132 Å². The van der Waals surface area contributed by atoms with Crippen molar-refractivity contribution in [3.8, 4) is 22.9 Å². The van der Waals surface area contributed by atoms with Gasteiger partial charge in [0, 0.05) is 5.69 Å². The Morgan fingerprint density at radius 2 is 1.73 bits per heavy atom. The molecule has 2 heterocycles. The third kappa shape index (κ3) is 2.87. The number of carboxylic acids is 1. The molecule has 0 radical (unpaired) electrons. The van der Waals surface area contributed by atoms with E-state index in [9.17, 15) is 24.0 Å². The van der Waals surface area contributed by atoms with Crippen molar-refractivity contribution in [1.82, 2.24) is 14.5 Å². The zero-order chi connectivity index (χ0) is 21.6. The quantitative estimate of drug-likeness (QED) is 0.483. The highest BCUT2D eigenvalue weighted by Gasteiger charge is 2.17. The monoisotopic (exact) mass is 404 g/mol. The number of nitrogens with zero attached hydrogens (tertiary/aromatic N) is 2. The third-order valence-electron chi connectivity index (χ3n) is 4.81. The first-order valence-corrected chi connectivity index (χ1v) is 8.73. The Bertz CT molecular complexity index is 1490. The molecule has 148 valence electrons. The van der Waals surface area contributed by atoms with E-state index in [1.165, 1.54) is 24.3 Å². The van der Waals surface area contributed by atoms with E-state index in [0.717, 1.165) is 10.6 Å². The first-order valence-electron chi connectivity index (χ1n) is 8.73. The number of carboxylic acid groups (broad SMARTS) is 1. The highest BCUT2D eigenvalue weighted by Crippen LogP contribution is 2.23. The van der Waals surface area contributed by atoms with Crippen LogP contribution < -0.4 is 11.2 Å². The molecular formula is C21H13FN4O4. The number of benzene rings is 2. The van der Waals surface area contributed by atoms with Gasteiger partial charge in [-0.2, -0.15) is 5.26 Å².